The van der Waals surface area contributed by atoms with E-state index in [4.69, 9.17) is 9.47 Å². The van der Waals surface area contributed by atoms with Crippen molar-refractivity contribution in [2.24, 2.45) is 4.99 Å². The van der Waals surface area contributed by atoms with Crippen LogP contribution in [0.15, 0.2) is 41.4 Å². The molecule has 2 aromatic heterocycles. The maximum Gasteiger partial charge on any atom is 0.324 e. The van der Waals surface area contributed by atoms with E-state index in [0.717, 1.165) is 27.3 Å². The number of aromatic nitrogens is 1. The summed E-state index contributed by atoms with van der Waals surface area (Å²) in [5, 5.41) is 10.8. The number of benzene rings is 1. The fourth-order valence-corrected chi connectivity index (χ4v) is 4.54. The first kappa shape index (κ1) is 21.9. The van der Waals surface area contributed by atoms with E-state index in [-0.39, 0.29) is 5.00 Å². The summed E-state index contributed by atoms with van der Waals surface area (Å²) in [6.45, 7) is 6.11. The first-order chi connectivity index (χ1) is 14.5. The van der Waals surface area contributed by atoms with E-state index in [2.05, 4.69) is 4.99 Å². The van der Waals surface area contributed by atoms with Crippen LogP contribution in [0.1, 0.15) is 18.7 Å². The minimum atomic E-state index is -0.455. The molecule has 0 saturated carbocycles. The zero-order chi connectivity index (χ0) is 21.5. The highest BCUT2D eigenvalue weighted by Crippen LogP contribution is 2.25. The van der Waals surface area contributed by atoms with Gasteiger partial charge in [-0.2, -0.15) is 4.99 Å². The summed E-state index contributed by atoms with van der Waals surface area (Å²) in [5.41, 5.74) is 0.951. The monoisotopic (exact) mass is 447 g/mol. The highest BCUT2D eigenvalue weighted by Gasteiger charge is 2.10. The van der Waals surface area contributed by atoms with E-state index in [9.17, 15) is 14.9 Å². The van der Waals surface area contributed by atoms with Crippen LogP contribution < -0.4 is 9.54 Å². The van der Waals surface area contributed by atoms with Gasteiger partial charge in [0.15, 0.2) is 4.80 Å². The lowest BCUT2D eigenvalue weighted by Gasteiger charge is -2.06. The van der Waals surface area contributed by atoms with Crippen molar-refractivity contribution in [1.82, 2.24) is 4.57 Å². The van der Waals surface area contributed by atoms with Crippen molar-refractivity contribution >= 4 is 49.9 Å². The number of amides is 1. The van der Waals surface area contributed by atoms with Gasteiger partial charge in [0.25, 0.3) is 5.91 Å². The van der Waals surface area contributed by atoms with Gasteiger partial charge in [0.05, 0.1) is 28.4 Å². The number of thiazole rings is 1. The van der Waals surface area contributed by atoms with Crippen LogP contribution in [0.25, 0.3) is 16.3 Å². The molecule has 158 valence electrons. The summed E-state index contributed by atoms with van der Waals surface area (Å²) >= 11 is 2.40. The molecule has 0 N–H and O–H groups in total. The zero-order valence-corrected chi connectivity index (χ0v) is 18.2. The molecule has 0 aliphatic rings. The van der Waals surface area contributed by atoms with Crippen molar-refractivity contribution in [2.75, 3.05) is 19.8 Å². The summed E-state index contributed by atoms with van der Waals surface area (Å²) in [6, 6.07) is 8.79. The number of carbonyl (C=O) groups is 1. The molecule has 8 nitrogen and oxygen atoms in total. The molecule has 0 bridgehead atoms. The van der Waals surface area contributed by atoms with Crippen LogP contribution in [0.3, 0.4) is 0 Å². The molecule has 0 aliphatic carbocycles. The molecule has 0 aliphatic heterocycles. The van der Waals surface area contributed by atoms with Crippen molar-refractivity contribution in [1.29, 1.82) is 0 Å². The third kappa shape index (κ3) is 5.41. The molecular weight excluding hydrogens is 426 g/mol. The lowest BCUT2D eigenvalue weighted by atomic mass is 10.3. The molecule has 10 heteroatoms. The Balaban J connectivity index is 1.91. The Bertz CT molecular complexity index is 1140. The molecule has 3 rings (SSSR count). The predicted molar refractivity (Wildman–Crippen MR) is 118 cm³/mol. The van der Waals surface area contributed by atoms with Gasteiger partial charge in [-0.1, -0.05) is 22.7 Å². The van der Waals surface area contributed by atoms with Gasteiger partial charge in [-0.05, 0) is 44.2 Å². The number of carbonyl (C=O) groups excluding carboxylic acids is 1. The topological polar surface area (TPSA) is 96.0 Å². The molecule has 2 heterocycles. The van der Waals surface area contributed by atoms with E-state index in [1.165, 1.54) is 29.6 Å². The number of ether oxygens (including phenoxy) is 2. The molecule has 0 atom stereocenters. The smallest absolute Gasteiger partial charge is 0.324 e. The number of hydrogen-bond acceptors (Lipinski definition) is 7. The number of nitro groups is 1. The third-order valence-corrected chi connectivity index (χ3v) is 6.06. The summed E-state index contributed by atoms with van der Waals surface area (Å²) in [6.07, 6.45) is 2.85. The Morgan fingerprint density at radius 1 is 1.23 bits per heavy atom. The normalized spacial score (nSPS) is 12.1. The SMILES string of the molecule is CCOCCn1c(=NC(=O)C=Cc2ccc([N+](=O)[O-])s2)sc2cc(OCC)ccc21. The van der Waals surface area contributed by atoms with E-state index in [1.807, 2.05) is 36.6 Å². The third-order valence-electron chi connectivity index (χ3n) is 4.02. The predicted octanol–water partition coefficient (Wildman–Crippen LogP) is 4.25. The molecule has 3 aromatic rings. The largest absolute Gasteiger partial charge is 0.494 e. The molecule has 0 spiro atoms. The second-order valence-corrected chi connectivity index (χ2v) is 8.12. The number of hydrogen-bond donors (Lipinski definition) is 0. The van der Waals surface area contributed by atoms with E-state index >= 15 is 0 Å². The van der Waals surface area contributed by atoms with Gasteiger partial charge >= 0.3 is 5.00 Å². The second-order valence-electron chi connectivity index (χ2n) is 6.01. The van der Waals surface area contributed by atoms with Gasteiger partial charge in [0.1, 0.15) is 5.75 Å². The standard InChI is InChI=1S/C20H21N3O5S2/c1-3-27-12-11-22-16-8-5-14(28-4-2)13-17(16)30-20(22)21-18(24)9-6-15-7-10-19(29-15)23(25)26/h5-10,13H,3-4,11-12H2,1-2H3. The van der Waals surface area contributed by atoms with Crippen molar-refractivity contribution in [3.8, 4) is 5.75 Å². The van der Waals surface area contributed by atoms with E-state index < -0.39 is 10.8 Å². The number of thiophene rings is 1. The average molecular weight is 448 g/mol. The quantitative estimate of drug-likeness (QED) is 0.211. The van der Waals surface area contributed by atoms with Gasteiger partial charge in [-0.3, -0.25) is 14.9 Å². The Kier molecular flexibility index (Phi) is 7.50. The van der Waals surface area contributed by atoms with Gasteiger partial charge in [0, 0.05) is 30.2 Å². The highest BCUT2D eigenvalue weighted by atomic mass is 32.1. The van der Waals surface area contributed by atoms with Crippen LogP contribution in [0.4, 0.5) is 5.00 Å². The minimum absolute atomic E-state index is 0.0300. The van der Waals surface area contributed by atoms with Crippen LogP contribution in [0.5, 0.6) is 5.75 Å². The Morgan fingerprint density at radius 3 is 2.77 bits per heavy atom. The van der Waals surface area contributed by atoms with Gasteiger partial charge < -0.3 is 14.0 Å². The molecule has 0 saturated heterocycles. The van der Waals surface area contributed by atoms with Crippen molar-refractivity contribution in [2.45, 2.75) is 20.4 Å². The minimum Gasteiger partial charge on any atom is -0.494 e. The van der Waals surface area contributed by atoms with Gasteiger partial charge in [-0.25, -0.2) is 0 Å². The molecule has 1 amide bonds. The van der Waals surface area contributed by atoms with Gasteiger partial charge in [0.2, 0.25) is 0 Å². The summed E-state index contributed by atoms with van der Waals surface area (Å²) in [7, 11) is 0. The fourth-order valence-electron chi connectivity index (χ4n) is 2.73. The average Bonchev–Trinajstić information content (AvgIpc) is 3.32. The van der Waals surface area contributed by atoms with Crippen molar-refractivity contribution in [3.63, 3.8) is 0 Å². The van der Waals surface area contributed by atoms with Crippen molar-refractivity contribution < 1.29 is 19.2 Å². The van der Waals surface area contributed by atoms with Gasteiger partial charge in [-0.15, -0.1) is 0 Å². The molecule has 0 fully saturated rings. The maximum atomic E-state index is 12.4. The van der Waals surface area contributed by atoms with Crippen LogP contribution in [-0.2, 0) is 16.1 Å². The first-order valence-electron chi connectivity index (χ1n) is 9.36. The molecule has 30 heavy (non-hydrogen) atoms. The Labute approximate surface area is 180 Å². The Morgan fingerprint density at radius 2 is 2.07 bits per heavy atom. The van der Waals surface area contributed by atoms with Crippen molar-refractivity contribution in [3.05, 3.63) is 56.2 Å². The lowest BCUT2D eigenvalue weighted by Crippen LogP contribution is -2.19. The summed E-state index contributed by atoms with van der Waals surface area (Å²) in [5.74, 6) is 0.327. The van der Waals surface area contributed by atoms with E-state index in [0.29, 0.717) is 36.0 Å². The fraction of sp³-hybridized carbons (Fsp3) is 0.300. The molecule has 1 aromatic carbocycles. The zero-order valence-electron chi connectivity index (χ0n) is 16.6. The number of nitrogens with zero attached hydrogens (tertiary/aromatic N) is 3. The summed E-state index contributed by atoms with van der Waals surface area (Å²) in [4.78, 5) is 28.1. The second kappa shape index (κ2) is 10.3. The molecule has 0 radical (unpaired) electrons. The van der Waals surface area contributed by atoms with Crippen LogP contribution in [0, 0.1) is 10.1 Å². The molecular formula is C20H21N3O5S2. The Hall–Kier alpha value is -2.82. The number of rotatable bonds is 9. The van der Waals surface area contributed by atoms with E-state index in [1.54, 1.807) is 6.07 Å². The summed E-state index contributed by atoms with van der Waals surface area (Å²) < 4.78 is 13.9. The lowest BCUT2D eigenvalue weighted by molar-refractivity contribution is -0.380. The first-order valence-corrected chi connectivity index (χ1v) is 11.0. The highest BCUT2D eigenvalue weighted by molar-refractivity contribution is 7.16. The molecule has 0 unspecified atom stereocenters. The van der Waals surface area contributed by atoms with Crippen LogP contribution >= 0.6 is 22.7 Å². The number of fused-ring (bicyclic) bond motifs is 1. The maximum absolute atomic E-state index is 12.4. The van der Waals surface area contributed by atoms with Crippen LogP contribution in [0.2, 0.25) is 0 Å². The van der Waals surface area contributed by atoms with Crippen LogP contribution in [-0.4, -0.2) is 35.2 Å².